The molecule has 0 aliphatic heterocycles. The first kappa shape index (κ1) is 34.1. The van der Waals surface area contributed by atoms with Crippen LogP contribution in [-0.4, -0.2) is 0 Å². The summed E-state index contributed by atoms with van der Waals surface area (Å²) in [4.78, 5) is 2.38. The Labute approximate surface area is 319 Å². The van der Waals surface area contributed by atoms with Crippen molar-refractivity contribution in [3.8, 4) is 0 Å². The van der Waals surface area contributed by atoms with E-state index < -0.39 is 0 Å². The Morgan fingerprint density at radius 1 is 0.407 bits per heavy atom. The predicted octanol–water partition coefficient (Wildman–Crippen LogP) is 14.4. The van der Waals surface area contributed by atoms with Crippen molar-refractivity contribution in [2.75, 3.05) is 4.90 Å². The molecule has 0 amide bonds. The van der Waals surface area contributed by atoms with Crippen LogP contribution in [0.15, 0.2) is 218 Å². The number of aryl methyl sites for hydroxylation is 1. The third kappa shape index (κ3) is 7.62. The van der Waals surface area contributed by atoms with Gasteiger partial charge in [0.1, 0.15) is 0 Å². The zero-order chi connectivity index (χ0) is 36.5. The van der Waals surface area contributed by atoms with E-state index >= 15 is 0 Å². The molecule has 1 heteroatoms. The van der Waals surface area contributed by atoms with E-state index in [2.05, 4.69) is 242 Å². The number of anilines is 3. The topological polar surface area (TPSA) is 3.24 Å². The van der Waals surface area contributed by atoms with Gasteiger partial charge in [0, 0.05) is 16.8 Å². The Balaban J connectivity index is 1.19. The second-order valence-corrected chi connectivity index (χ2v) is 13.4. The summed E-state index contributed by atoms with van der Waals surface area (Å²) in [7, 11) is 0. The fourth-order valence-electron chi connectivity index (χ4n) is 7.07. The predicted molar refractivity (Wildman–Crippen MR) is 232 cm³/mol. The van der Waals surface area contributed by atoms with Crippen molar-refractivity contribution in [3.63, 3.8) is 0 Å². The van der Waals surface area contributed by atoms with Crippen molar-refractivity contribution < 1.29 is 0 Å². The van der Waals surface area contributed by atoms with Crippen LogP contribution in [-0.2, 0) is 0 Å². The molecular weight excluding hydrogens is 651 g/mol. The Hall–Kier alpha value is -6.96. The molecule has 0 radical (unpaired) electrons. The Bertz CT molecular complexity index is 2460. The standard InChI is InChI=1S/C53H41N/c1-40-29-34-47(35-30-40)54(48-36-31-41(32-37-48)39-52(44-21-10-4-11-22-44)45-23-12-5-13-24-45)53-38-33-46(50-26-14-15-27-51(50)53)25-16-28-49(42-17-6-2-7-18-42)43-19-8-3-9-20-43/h2-39H,1H3/b25-16+. The Morgan fingerprint density at radius 2 is 0.852 bits per heavy atom. The van der Waals surface area contributed by atoms with Gasteiger partial charge in [0.2, 0.25) is 0 Å². The van der Waals surface area contributed by atoms with Crippen LogP contribution < -0.4 is 4.90 Å². The van der Waals surface area contributed by atoms with Gasteiger partial charge in [-0.25, -0.2) is 0 Å². The number of hydrogen-bond donors (Lipinski definition) is 0. The van der Waals surface area contributed by atoms with Crippen LogP contribution in [0.3, 0.4) is 0 Å². The van der Waals surface area contributed by atoms with Gasteiger partial charge in [0.05, 0.1) is 5.69 Å². The maximum absolute atomic E-state index is 2.38. The summed E-state index contributed by atoms with van der Waals surface area (Å²) in [6, 6.07) is 73.4. The zero-order valence-electron chi connectivity index (χ0n) is 30.4. The maximum atomic E-state index is 2.38. The number of fused-ring (bicyclic) bond motifs is 1. The number of allylic oxidation sites excluding steroid dienone is 2. The van der Waals surface area contributed by atoms with Gasteiger partial charge < -0.3 is 4.90 Å². The minimum absolute atomic E-state index is 1.10. The van der Waals surface area contributed by atoms with Crippen LogP contribution in [0.4, 0.5) is 17.1 Å². The molecule has 0 aliphatic rings. The number of hydrogen-bond acceptors (Lipinski definition) is 1. The molecule has 0 fully saturated rings. The molecular formula is C53H41N. The molecule has 0 atom stereocenters. The normalized spacial score (nSPS) is 11.0. The van der Waals surface area contributed by atoms with E-state index in [1.165, 1.54) is 55.3 Å². The minimum atomic E-state index is 1.10. The highest BCUT2D eigenvalue weighted by Crippen LogP contribution is 2.40. The molecule has 0 saturated carbocycles. The molecule has 0 heterocycles. The van der Waals surface area contributed by atoms with Crippen LogP contribution in [0.5, 0.6) is 0 Å². The highest BCUT2D eigenvalue weighted by atomic mass is 15.1. The van der Waals surface area contributed by atoms with E-state index in [1.54, 1.807) is 0 Å². The molecule has 0 aromatic heterocycles. The van der Waals surface area contributed by atoms with Crippen molar-refractivity contribution in [3.05, 3.63) is 257 Å². The van der Waals surface area contributed by atoms with Crippen LogP contribution in [0, 0.1) is 6.92 Å². The summed E-state index contributed by atoms with van der Waals surface area (Å²) in [6.45, 7) is 2.14. The third-order valence-electron chi connectivity index (χ3n) is 9.81. The monoisotopic (exact) mass is 691 g/mol. The largest absolute Gasteiger partial charge is 0.310 e. The number of rotatable bonds is 10. The van der Waals surface area contributed by atoms with Gasteiger partial charge in [-0.15, -0.1) is 0 Å². The first-order valence-corrected chi connectivity index (χ1v) is 18.5. The van der Waals surface area contributed by atoms with E-state index in [4.69, 9.17) is 0 Å². The van der Waals surface area contributed by atoms with Gasteiger partial charge in [-0.2, -0.15) is 0 Å². The van der Waals surface area contributed by atoms with Crippen LogP contribution in [0.25, 0.3) is 34.1 Å². The van der Waals surface area contributed by atoms with Gasteiger partial charge in [-0.05, 0) is 93.2 Å². The lowest BCUT2D eigenvalue weighted by atomic mass is 9.95. The second-order valence-electron chi connectivity index (χ2n) is 13.4. The molecule has 0 saturated heterocycles. The Morgan fingerprint density at radius 3 is 1.37 bits per heavy atom. The van der Waals surface area contributed by atoms with E-state index in [0.717, 1.165) is 22.6 Å². The molecule has 0 unspecified atom stereocenters. The average Bonchev–Trinajstić information content (AvgIpc) is 3.24. The van der Waals surface area contributed by atoms with Gasteiger partial charge in [0.25, 0.3) is 0 Å². The highest BCUT2D eigenvalue weighted by Gasteiger charge is 2.17. The molecule has 0 aliphatic carbocycles. The van der Waals surface area contributed by atoms with Crippen LogP contribution in [0.1, 0.15) is 38.9 Å². The molecule has 0 spiro atoms. The van der Waals surface area contributed by atoms with Crippen molar-refractivity contribution >= 4 is 51.1 Å². The summed E-state index contributed by atoms with van der Waals surface area (Å²) >= 11 is 0. The fraction of sp³-hybridized carbons (Fsp3) is 0.0189. The highest BCUT2D eigenvalue weighted by molar-refractivity contribution is 6.03. The van der Waals surface area contributed by atoms with E-state index in [-0.39, 0.29) is 0 Å². The van der Waals surface area contributed by atoms with Crippen molar-refractivity contribution in [1.29, 1.82) is 0 Å². The van der Waals surface area contributed by atoms with Gasteiger partial charge >= 0.3 is 0 Å². The van der Waals surface area contributed by atoms with E-state index in [0.29, 0.717) is 0 Å². The molecule has 8 aromatic rings. The molecule has 1 nitrogen and oxygen atoms in total. The minimum Gasteiger partial charge on any atom is -0.310 e. The van der Waals surface area contributed by atoms with Gasteiger partial charge in [-0.1, -0.05) is 200 Å². The zero-order valence-corrected chi connectivity index (χ0v) is 30.4. The lowest BCUT2D eigenvalue weighted by Crippen LogP contribution is -2.10. The maximum Gasteiger partial charge on any atom is 0.0540 e. The summed E-state index contributed by atoms with van der Waals surface area (Å²) in [5.74, 6) is 0. The van der Waals surface area contributed by atoms with Crippen LogP contribution >= 0.6 is 0 Å². The SMILES string of the molecule is Cc1ccc(N(c2ccc(C=C(c3ccccc3)c3ccccc3)cc2)c2ccc(/C=C/C=C(c3ccccc3)c3ccccc3)c3ccccc23)cc1. The smallest absolute Gasteiger partial charge is 0.0540 e. The summed E-state index contributed by atoms with van der Waals surface area (Å²) in [5.41, 5.74) is 14.1. The lowest BCUT2D eigenvalue weighted by Gasteiger charge is -2.27. The van der Waals surface area contributed by atoms with E-state index in [1.807, 2.05) is 0 Å². The van der Waals surface area contributed by atoms with Crippen molar-refractivity contribution in [1.82, 2.24) is 0 Å². The van der Waals surface area contributed by atoms with Crippen LogP contribution in [0.2, 0.25) is 0 Å². The van der Waals surface area contributed by atoms with Crippen molar-refractivity contribution in [2.24, 2.45) is 0 Å². The molecule has 0 N–H and O–H groups in total. The van der Waals surface area contributed by atoms with E-state index in [9.17, 15) is 0 Å². The quantitative estimate of drug-likeness (QED) is 0.102. The molecule has 8 rings (SSSR count). The summed E-state index contributed by atoms with van der Waals surface area (Å²) < 4.78 is 0. The average molecular weight is 692 g/mol. The number of nitrogens with zero attached hydrogens (tertiary/aromatic N) is 1. The fourth-order valence-corrected chi connectivity index (χ4v) is 7.07. The Kier molecular flexibility index (Phi) is 10.2. The molecule has 54 heavy (non-hydrogen) atoms. The number of benzene rings is 8. The second kappa shape index (κ2) is 16.2. The third-order valence-corrected chi connectivity index (χ3v) is 9.81. The summed E-state index contributed by atoms with van der Waals surface area (Å²) in [6.07, 6.45) is 8.92. The molecule has 0 bridgehead atoms. The lowest BCUT2D eigenvalue weighted by molar-refractivity contribution is 1.29. The molecule has 258 valence electrons. The van der Waals surface area contributed by atoms with Gasteiger partial charge in [-0.3, -0.25) is 0 Å². The first-order valence-electron chi connectivity index (χ1n) is 18.5. The molecule has 8 aromatic carbocycles. The van der Waals surface area contributed by atoms with Crippen molar-refractivity contribution in [2.45, 2.75) is 6.92 Å². The summed E-state index contributed by atoms with van der Waals surface area (Å²) in [5, 5.41) is 2.39. The van der Waals surface area contributed by atoms with Gasteiger partial charge in [0.15, 0.2) is 0 Å². The first-order chi connectivity index (χ1) is 26.7.